The number of hydrogen-bond donors (Lipinski definition) is 2. The van der Waals surface area contributed by atoms with E-state index in [9.17, 15) is 4.79 Å². The van der Waals surface area contributed by atoms with Gasteiger partial charge in [0.2, 0.25) is 0 Å². The van der Waals surface area contributed by atoms with Crippen molar-refractivity contribution in [2.24, 2.45) is 11.8 Å². The molecule has 0 aliphatic heterocycles. The minimum Gasteiger partial charge on any atom is -0.341 e. The third-order valence-electron chi connectivity index (χ3n) is 2.63. The molecule has 1 atom stereocenters. The first-order valence-electron chi connectivity index (χ1n) is 5.11. The third kappa shape index (κ3) is 3.66. The van der Waals surface area contributed by atoms with Crippen molar-refractivity contribution in [2.45, 2.75) is 39.2 Å². The van der Waals surface area contributed by atoms with Gasteiger partial charge in [-0.25, -0.2) is 4.79 Å². The van der Waals surface area contributed by atoms with E-state index in [0.717, 1.165) is 12.3 Å². The maximum Gasteiger partial charge on any atom is 0.314 e. The van der Waals surface area contributed by atoms with Gasteiger partial charge in [-0.1, -0.05) is 26.7 Å². The van der Waals surface area contributed by atoms with Crippen LogP contribution < -0.4 is 10.6 Å². The van der Waals surface area contributed by atoms with Crippen molar-refractivity contribution in [3.05, 3.63) is 0 Å². The Bertz CT molecular complexity index is 176. The second-order valence-electron chi connectivity index (χ2n) is 4.25. The van der Waals surface area contributed by atoms with Gasteiger partial charge in [-0.2, -0.15) is 0 Å². The summed E-state index contributed by atoms with van der Waals surface area (Å²) in [5, 5.41) is 5.58. The molecule has 1 aliphatic rings. The Balaban J connectivity index is 2.31. The van der Waals surface area contributed by atoms with E-state index < -0.39 is 0 Å². The monoisotopic (exact) mass is 184 g/mol. The first kappa shape index (κ1) is 10.4. The quantitative estimate of drug-likeness (QED) is 0.686. The highest BCUT2D eigenvalue weighted by molar-refractivity contribution is 5.73. The molecule has 1 fully saturated rings. The van der Waals surface area contributed by atoms with Crippen molar-refractivity contribution in [3.8, 4) is 0 Å². The van der Waals surface area contributed by atoms with E-state index in [-0.39, 0.29) is 6.03 Å². The number of carbonyl (C=O) groups is 1. The Morgan fingerprint density at radius 3 is 2.46 bits per heavy atom. The van der Waals surface area contributed by atoms with Gasteiger partial charge < -0.3 is 10.6 Å². The highest BCUT2D eigenvalue weighted by atomic mass is 16.2. The predicted molar refractivity (Wildman–Crippen MR) is 53.6 cm³/mol. The fourth-order valence-corrected chi connectivity index (χ4v) is 1.45. The van der Waals surface area contributed by atoms with Crippen LogP contribution in [-0.2, 0) is 0 Å². The summed E-state index contributed by atoms with van der Waals surface area (Å²) in [5.74, 6) is 1.39. The van der Waals surface area contributed by atoms with Gasteiger partial charge in [0.05, 0.1) is 0 Å². The van der Waals surface area contributed by atoms with E-state index in [2.05, 4.69) is 24.5 Å². The molecule has 1 saturated carbocycles. The molecule has 0 aromatic carbocycles. The summed E-state index contributed by atoms with van der Waals surface area (Å²) in [7, 11) is 1.66. The van der Waals surface area contributed by atoms with Crippen LogP contribution in [0.25, 0.3) is 0 Å². The largest absolute Gasteiger partial charge is 0.341 e. The molecule has 0 aromatic heterocycles. The summed E-state index contributed by atoms with van der Waals surface area (Å²) >= 11 is 0. The van der Waals surface area contributed by atoms with Crippen molar-refractivity contribution in [1.29, 1.82) is 0 Å². The normalized spacial score (nSPS) is 18.5. The van der Waals surface area contributed by atoms with Crippen LogP contribution in [0.3, 0.4) is 0 Å². The van der Waals surface area contributed by atoms with E-state index in [1.807, 2.05) is 0 Å². The van der Waals surface area contributed by atoms with Crippen LogP contribution in [-0.4, -0.2) is 19.1 Å². The van der Waals surface area contributed by atoms with Crippen molar-refractivity contribution in [3.63, 3.8) is 0 Å². The molecule has 0 spiro atoms. The minimum absolute atomic E-state index is 0.0562. The first-order valence-corrected chi connectivity index (χ1v) is 5.11. The SMILES string of the molecule is CNC(=O)NC(CC1CC1)C(C)C. The minimum atomic E-state index is -0.0562. The first-order chi connectivity index (χ1) is 6.13. The van der Waals surface area contributed by atoms with Gasteiger partial charge in [-0.15, -0.1) is 0 Å². The van der Waals surface area contributed by atoms with Gasteiger partial charge in [-0.3, -0.25) is 0 Å². The van der Waals surface area contributed by atoms with Crippen LogP contribution >= 0.6 is 0 Å². The van der Waals surface area contributed by atoms with Crippen LogP contribution in [0.1, 0.15) is 33.1 Å². The molecule has 0 aromatic rings. The number of hydrogen-bond acceptors (Lipinski definition) is 1. The molecule has 3 nitrogen and oxygen atoms in total. The number of nitrogens with one attached hydrogen (secondary N) is 2. The molecule has 1 aliphatic carbocycles. The molecule has 1 rings (SSSR count). The van der Waals surface area contributed by atoms with Gasteiger partial charge in [0.15, 0.2) is 0 Å². The highest BCUT2D eigenvalue weighted by Gasteiger charge is 2.27. The molecule has 0 bridgehead atoms. The zero-order valence-electron chi connectivity index (χ0n) is 8.76. The second-order valence-corrected chi connectivity index (χ2v) is 4.25. The fourth-order valence-electron chi connectivity index (χ4n) is 1.45. The molecule has 3 heteroatoms. The Morgan fingerprint density at radius 2 is 2.08 bits per heavy atom. The Kier molecular flexibility index (Phi) is 3.58. The molecule has 13 heavy (non-hydrogen) atoms. The van der Waals surface area contributed by atoms with E-state index in [1.165, 1.54) is 12.8 Å². The predicted octanol–water partition coefficient (Wildman–Crippen LogP) is 1.74. The Labute approximate surface area is 80.3 Å². The summed E-state index contributed by atoms with van der Waals surface area (Å²) in [4.78, 5) is 11.1. The average molecular weight is 184 g/mol. The lowest BCUT2D eigenvalue weighted by Crippen LogP contribution is -2.43. The molecule has 0 saturated heterocycles. The average Bonchev–Trinajstić information content (AvgIpc) is 2.86. The molecule has 1 unspecified atom stereocenters. The second kappa shape index (κ2) is 4.49. The van der Waals surface area contributed by atoms with Gasteiger partial charge in [-0.05, 0) is 18.3 Å². The maximum absolute atomic E-state index is 11.1. The summed E-state index contributed by atoms with van der Waals surface area (Å²) in [6, 6.07) is 0.284. The molecule has 0 radical (unpaired) electrons. The summed E-state index contributed by atoms with van der Waals surface area (Å²) in [5.41, 5.74) is 0. The molecule has 0 heterocycles. The van der Waals surface area contributed by atoms with Crippen LogP contribution in [0, 0.1) is 11.8 Å². The van der Waals surface area contributed by atoms with Crippen molar-refractivity contribution in [2.75, 3.05) is 7.05 Å². The lowest BCUT2D eigenvalue weighted by atomic mass is 9.99. The standard InChI is InChI=1S/C10H20N2O/c1-7(2)9(6-8-4-5-8)12-10(13)11-3/h7-9H,4-6H2,1-3H3,(H2,11,12,13). The zero-order chi connectivity index (χ0) is 9.84. The van der Waals surface area contributed by atoms with Crippen molar-refractivity contribution in [1.82, 2.24) is 10.6 Å². The van der Waals surface area contributed by atoms with Gasteiger partial charge in [0.1, 0.15) is 0 Å². The van der Waals surface area contributed by atoms with Crippen LogP contribution in [0.15, 0.2) is 0 Å². The number of urea groups is 1. The van der Waals surface area contributed by atoms with Crippen LogP contribution in [0.2, 0.25) is 0 Å². The van der Waals surface area contributed by atoms with Gasteiger partial charge in [0.25, 0.3) is 0 Å². The summed E-state index contributed by atoms with van der Waals surface area (Å²) < 4.78 is 0. The molecule has 76 valence electrons. The van der Waals surface area contributed by atoms with Crippen LogP contribution in [0.4, 0.5) is 4.79 Å². The Hall–Kier alpha value is -0.730. The van der Waals surface area contributed by atoms with Crippen molar-refractivity contribution >= 4 is 6.03 Å². The lowest BCUT2D eigenvalue weighted by molar-refractivity contribution is 0.232. The summed E-state index contributed by atoms with van der Waals surface area (Å²) in [6.07, 6.45) is 3.84. The molecule has 2 N–H and O–H groups in total. The number of amides is 2. The molecule has 2 amide bonds. The zero-order valence-corrected chi connectivity index (χ0v) is 8.76. The molecular weight excluding hydrogens is 164 g/mol. The highest BCUT2D eigenvalue weighted by Crippen LogP contribution is 2.34. The number of rotatable bonds is 4. The Morgan fingerprint density at radius 1 is 1.46 bits per heavy atom. The lowest BCUT2D eigenvalue weighted by Gasteiger charge is -2.21. The maximum atomic E-state index is 11.1. The fraction of sp³-hybridized carbons (Fsp3) is 0.900. The molecular formula is C10H20N2O. The van der Waals surface area contributed by atoms with E-state index in [0.29, 0.717) is 12.0 Å². The van der Waals surface area contributed by atoms with Crippen molar-refractivity contribution < 1.29 is 4.79 Å². The van der Waals surface area contributed by atoms with Crippen LogP contribution in [0.5, 0.6) is 0 Å². The topological polar surface area (TPSA) is 41.1 Å². The van der Waals surface area contributed by atoms with Gasteiger partial charge >= 0.3 is 6.03 Å². The van der Waals surface area contributed by atoms with E-state index >= 15 is 0 Å². The summed E-state index contributed by atoms with van der Waals surface area (Å²) in [6.45, 7) is 4.31. The number of carbonyl (C=O) groups excluding carboxylic acids is 1. The van der Waals surface area contributed by atoms with E-state index in [4.69, 9.17) is 0 Å². The smallest absolute Gasteiger partial charge is 0.314 e. The third-order valence-corrected chi connectivity index (χ3v) is 2.63. The van der Waals surface area contributed by atoms with E-state index in [1.54, 1.807) is 7.05 Å². The van der Waals surface area contributed by atoms with Gasteiger partial charge in [0, 0.05) is 13.1 Å².